The predicted molar refractivity (Wildman–Crippen MR) is 56.8 cm³/mol. The largest absolute Gasteiger partial charge is 1.00 e. The van der Waals surface area contributed by atoms with Crippen LogP contribution < -0.4 is 154 Å². The molecule has 101 valence electrons. The van der Waals surface area contributed by atoms with E-state index in [0.717, 1.165) is 0 Å². The summed E-state index contributed by atoms with van der Waals surface area (Å²) >= 11 is 0. The first-order chi connectivity index (χ1) is 2.45. The topological polar surface area (TPSA) is 189 Å². The molecule has 0 aromatic heterocycles. The Morgan fingerprint density at radius 1 is 0.375 bits per heavy atom. The molecule has 0 saturated carbocycles. The molecular formula is H12Cl6K3O6Ru. The van der Waals surface area contributed by atoms with Gasteiger partial charge in [0.1, 0.15) is 0 Å². The van der Waals surface area contributed by atoms with E-state index in [1.807, 2.05) is 0 Å². The molecule has 0 atom stereocenters. The minimum absolute atomic E-state index is 0. The average Bonchev–Trinajstić information content (AvgIpc) is 0.592. The van der Waals surface area contributed by atoms with Crippen molar-refractivity contribution in [1.82, 2.24) is 0 Å². The van der Waals surface area contributed by atoms with E-state index >= 15 is 0 Å². The van der Waals surface area contributed by atoms with Crippen LogP contribution in [0.15, 0.2) is 0 Å². The van der Waals surface area contributed by atoms with Gasteiger partial charge >= 0.3 is 219 Å². The van der Waals surface area contributed by atoms with E-state index < -0.39 is 6.48 Å². The van der Waals surface area contributed by atoms with Gasteiger partial charge in [-0.05, 0) is 0 Å². The molecule has 0 rings (SSSR count). The van der Waals surface area contributed by atoms with Crippen LogP contribution in [0.25, 0.3) is 0 Å². The number of hydrogen-bond donors (Lipinski definition) is 0. The van der Waals surface area contributed by atoms with Gasteiger partial charge in [-0.1, -0.05) is 0 Å². The Morgan fingerprint density at radius 3 is 0.375 bits per heavy atom. The van der Waals surface area contributed by atoms with Crippen LogP contribution in [0.3, 0.4) is 0 Å². The van der Waals surface area contributed by atoms with Gasteiger partial charge in [-0.3, -0.25) is 0 Å². The molecule has 0 fully saturated rings. The van der Waals surface area contributed by atoms with Crippen LogP contribution in [-0.2, 0) is 6.48 Å². The molecule has 0 unspecified atom stereocenters. The van der Waals surface area contributed by atoms with E-state index in [-0.39, 0.29) is 187 Å². The minimum Gasteiger partial charge on any atom is 1.00 e. The fraction of sp³-hybridized carbons (Fsp3) is 0. The Hall–Kier alpha value is 7.03. The van der Waals surface area contributed by atoms with Gasteiger partial charge in [0.05, 0.1) is 0 Å². The molecule has 0 aromatic carbocycles. The van der Waals surface area contributed by atoms with E-state index in [4.69, 9.17) is 58.1 Å². The first-order valence-corrected chi connectivity index (χ1v) is 14.2. The Bertz CT molecular complexity index is 86.8. The zero-order valence-corrected chi connectivity index (χ0v) is 24.3. The standard InChI is InChI=1S/6ClH.3K.6H2O.Ru/h6*1H;;;;6*1H2;/q;;;;;;3*+1;;;;;;;+3/p-6. The Morgan fingerprint density at radius 2 is 0.375 bits per heavy atom. The third kappa shape index (κ3) is 171. The first kappa shape index (κ1) is 65.8. The maximum absolute atomic E-state index is 5.22. The van der Waals surface area contributed by atoms with Crippen molar-refractivity contribution >= 4 is 58.1 Å². The molecule has 12 N–H and O–H groups in total. The molecule has 0 amide bonds. The van der Waals surface area contributed by atoms with Crippen LogP contribution in [0.5, 0.6) is 0 Å². The molecular weight excluding hydrogens is 527 g/mol. The summed E-state index contributed by atoms with van der Waals surface area (Å²) in [4.78, 5) is 0. The van der Waals surface area contributed by atoms with E-state index in [1.165, 1.54) is 0 Å². The van der Waals surface area contributed by atoms with Crippen molar-refractivity contribution < 1.29 is 193 Å². The molecule has 0 bridgehead atoms. The van der Waals surface area contributed by atoms with Gasteiger partial charge in [0, 0.05) is 0 Å². The number of rotatable bonds is 0. The summed E-state index contributed by atoms with van der Waals surface area (Å²) in [7, 11) is 30.3. The zero-order valence-electron chi connectivity index (χ0n) is 8.62. The van der Waals surface area contributed by atoms with Crippen LogP contribution in [0.2, 0.25) is 0 Å². The van der Waals surface area contributed by atoms with Crippen molar-refractivity contribution in [2.75, 3.05) is 0 Å². The monoisotopic (exact) mass is 537 g/mol. The molecule has 16 heteroatoms. The zero-order chi connectivity index (χ0) is 6.41. The molecule has 0 heterocycles. The number of halogens is 6. The third-order valence-corrected chi connectivity index (χ3v) is 0. The third-order valence-electron chi connectivity index (χ3n) is 0. The van der Waals surface area contributed by atoms with E-state index in [0.29, 0.717) is 0 Å². The summed E-state index contributed by atoms with van der Waals surface area (Å²) in [6.07, 6.45) is 0. The fourth-order valence-corrected chi connectivity index (χ4v) is 0. The molecule has 16 heavy (non-hydrogen) atoms. The fourth-order valence-electron chi connectivity index (χ4n) is 0. The van der Waals surface area contributed by atoms with E-state index in [1.54, 1.807) is 0 Å². The molecule has 0 radical (unpaired) electrons. The van der Waals surface area contributed by atoms with Gasteiger partial charge in [-0.25, -0.2) is 0 Å². The van der Waals surface area contributed by atoms with Crippen LogP contribution in [0.4, 0.5) is 0 Å². The SMILES string of the molecule is O.O.O.O.O.O.[Cl][Ru-3]([Cl])([Cl])([Cl])([Cl])[Cl].[K+].[K+].[K+]. The molecule has 0 aliphatic heterocycles. The molecule has 0 aromatic rings. The van der Waals surface area contributed by atoms with Crippen molar-refractivity contribution in [2.24, 2.45) is 0 Å². The Balaban J connectivity index is -0.00000000500. The van der Waals surface area contributed by atoms with Crippen LogP contribution in [0.1, 0.15) is 0 Å². The smallest absolute Gasteiger partial charge is 1.00 e. The van der Waals surface area contributed by atoms with Crippen LogP contribution in [-0.4, -0.2) is 32.9 Å². The molecule has 0 saturated heterocycles. The molecule has 6 nitrogen and oxygen atoms in total. The first-order valence-electron chi connectivity index (χ1n) is 0.802. The van der Waals surface area contributed by atoms with Crippen molar-refractivity contribution in [2.45, 2.75) is 0 Å². The Labute approximate surface area is 244 Å². The van der Waals surface area contributed by atoms with Crippen LogP contribution in [0, 0.1) is 0 Å². The van der Waals surface area contributed by atoms with Gasteiger partial charge in [0.15, 0.2) is 0 Å². The summed E-state index contributed by atoms with van der Waals surface area (Å²) in [6.45, 7) is -5.22. The van der Waals surface area contributed by atoms with Crippen molar-refractivity contribution in [3.05, 3.63) is 0 Å². The van der Waals surface area contributed by atoms with E-state index in [9.17, 15) is 0 Å². The van der Waals surface area contributed by atoms with Gasteiger partial charge in [0.25, 0.3) is 0 Å². The second-order valence-corrected chi connectivity index (χ2v) is 40.3. The molecule has 0 aliphatic rings. The Kier molecular flexibility index (Phi) is 82.6. The summed E-state index contributed by atoms with van der Waals surface area (Å²) in [5.74, 6) is 0. The predicted octanol–water partition coefficient (Wildman–Crippen LogP) is -9.80. The molecule has 0 spiro atoms. The van der Waals surface area contributed by atoms with Crippen LogP contribution >= 0.6 is 58.1 Å². The summed E-state index contributed by atoms with van der Waals surface area (Å²) in [6, 6.07) is 0. The summed E-state index contributed by atoms with van der Waals surface area (Å²) < 4.78 is 0. The second kappa shape index (κ2) is 20.1. The molecule has 0 aliphatic carbocycles. The number of hydrogen-bond acceptors (Lipinski definition) is 0. The van der Waals surface area contributed by atoms with Gasteiger partial charge < -0.3 is 32.9 Å². The normalized spacial score (nSPS) is 10.1. The summed E-state index contributed by atoms with van der Waals surface area (Å²) in [5.41, 5.74) is 0. The maximum atomic E-state index is 5.04. The van der Waals surface area contributed by atoms with Gasteiger partial charge in [-0.2, -0.15) is 0 Å². The van der Waals surface area contributed by atoms with E-state index in [2.05, 4.69) is 0 Å². The maximum Gasteiger partial charge on any atom is 1.00 e. The second-order valence-electron chi connectivity index (χ2n) is 0.758. The van der Waals surface area contributed by atoms with Crippen molar-refractivity contribution in [3.8, 4) is 0 Å². The minimum atomic E-state index is -5.22. The van der Waals surface area contributed by atoms with Gasteiger partial charge in [-0.15, -0.1) is 0 Å². The van der Waals surface area contributed by atoms with Crippen molar-refractivity contribution in [3.63, 3.8) is 0 Å². The quantitative estimate of drug-likeness (QED) is 0.265. The van der Waals surface area contributed by atoms with Gasteiger partial charge in [0.2, 0.25) is 0 Å². The average molecular weight is 539 g/mol. The summed E-state index contributed by atoms with van der Waals surface area (Å²) in [5, 5.41) is 0. The van der Waals surface area contributed by atoms with Crippen molar-refractivity contribution in [1.29, 1.82) is 0 Å².